The minimum atomic E-state index is -0.128. The van der Waals surface area contributed by atoms with E-state index in [1.165, 1.54) is 5.56 Å². The van der Waals surface area contributed by atoms with Crippen LogP contribution in [-0.2, 0) is 11.3 Å². The zero-order chi connectivity index (χ0) is 20.6. The number of hydrogen-bond donors (Lipinski definition) is 1. The summed E-state index contributed by atoms with van der Waals surface area (Å²) in [6.45, 7) is 3.75. The maximum absolute atomic E-state index is 12.6. The van der Waals surface area contributed by atoms with Crippen LogP contribution in [0.4, 0.5) is 0 Å². The Hall–Kier alpha value is -3.15. The molecule has 3 aromatic carbocycles. The van der Waals surface area contributed by atoms with Gasteiger partial charge < -0.3 is 14.8 Å². The standard InChI is InChI=1S/C25H26N2O3/c28-25(21-10-7-13-23(16-21)30-22-11-5-2-6-12-22)26-17-24-19-27(14-15-29-24)18-20-8-3-1-4-9-20/h1-13,16,24H,14-15,17-19H2,(H,26,28)/t24-/m1/s1. The summed E-state index contributed by atoms with van der Waals surface area (Å²) in [6, 6.07) is 27.2. The molecule has 4 rings (SSSR count). The largest absolute Gasteiger partial charge is 0.457 e. The number of nitrogens with zero attached hydrogens (tertiary/aromatic N) is 1. The van der Waals surface area contributed by atoms with Crippen LogP contribution in [0, 0.1) is 0 Å². The van der Waals surface area contributed by atoms with Crippen LogP contribution in [0.25, 0.3) is 0 Å². The molecule has 0 radical (unpaired) electrons. The van der Waals surface area contributed by atoms with E-state index in [1.807, 2.05) is 48.5 Å². The zero-order valence-electron chi connectivity index (χ0n) is 16.9. The van der Waals surface area contributed by atoms with E-state index in [9.17, 15) is 4.79 Å². The molecule has 1 saturated heterocycles. The van der Waals surface area contributed by atoms with Gasteiger partial charge in [-0.15, -0.1) is 0 Å². The normalized spacial score (nSPS) is 16.7. The summed E-state index contributed by atoms with van der Waals surface area (Å²) in [4.78, 5) is 15.0. The van der Waals surface area contributed by atoms with Gasteiger partial charge in [0, 0.05) is 31.7 Å². The fraction of sp³-hybridized carbons (Fsp3) is 0.240. The average molecular weight is 402 g/mol. The van der Waals surface area contributed by atoms with E-state index in [1.54, 1.807) is 12.1 Å². The van der Waals surface area contributed by atoms with Gasteiger partial charge in [-0.2, -0.15) is 0 Å². The molecule has 1 aliphatic heterocycles. The molecule has 5 nitrogen and oxygen atoms in total. The molecule has 154 valence electrons. The van der Waals surface area contributed by atoms with Crippen molar-refractivity contribution in [2.75, 3.05) is 26.2 Å². The molecular formula is C25H26N2O3. The van der Waals surface area contributed by atoms with Crippen LogP contribution < -0.4 is 10.1 Å². The number of rotatable bonds is 7. The van der Waals surface area contributed by atoms with Gasteiger partial charge in [0.1, 0.15) is 11.5 Å². The Morgan fingerprint density at radius 3 is 2.50 bits per heavy atom. The van der Waals surface area contributed by atoms with E-state index in [0.717, 1.165) is 25.4 Å². The number of carbonyl (C=O) groups excluding carboxylic acids is 1. The highest BCUT2D eigenvalue weighted by atomic mass is 16.5. The molecule has 1 heterocycles. The van der Waals surface area contributed by atoms with Gasteiger partial charge in [-0.3, -0.25) is 9.69 Å². The number of carbonyl (C=O) groups is 1. The second-order valence-electron chi connectivity index (χ2n) is 7.37. The topological polar surface area (TPSA) is 50.8 Å². The molecule has 30 heavy (non-hydrogen) atoms. The molecule has 0 aromatic heterocycles. The minimum Gasteiger partial charge on any atom is -0.457 e. The van der Waals surface area contributed by atoms with E-state index in [2.05, 4.69) is 34.5 Å². The SMILES string of the molecule is O=C(NC[C@@H]1CN(Cc2ccccc2)CCO1)c1cccc(Oc2ccccc2)c1. The van der Waals surface area contributed by atoms with E-state index in [4.69, 9.17) is 9.47 Å². The van der Waals surface area contributed by atoms with E-state index < -0.39 is 0 Å². The Kier molecular flexibility index (Phi) is 6.75. The molecule has 0 saturated carbocycles. The van der Waals surface area contributed by atoms with Crippen molar-refractivity contribution >= 4 is 5.91 Å². The van der Waals surface area contributed by atoms with Crippen molar-refractivity contribution in [2.45, 2.75) is 12.6 Å². The Morgan fingerprint density at radius 2 is 1.70 bits per heavy atom. The van der Waals surface area contributed by atoms with Gasteiger partial charge in [-0.05, 0) is 35.9 Å². The molecule has 0 spiro atoms. The number of nitrogens with one attached hydrogen (secondary N) is 1. The third kappa shape index (κ3) is 5.69. The van der Waals surface area contributed by atoms with Crippen molar-refractivity contribution in [3.05, 3.63) is 96.1 Å². The molecule has 1 amide bonds. The summed E-state index contributed by atoms with van der Waals surface area (Å²) in [7, 11) is 0. The van der Waals surface area contributed by atoms with Gasteiger partial charge in [0.05, 0.1) is 12.7 Å². The number of benzene rings is 3. The Balaban J connectivity index is 1.29. The van der Waals surface area contributed by atoms with E-state index in [0.29, 0.717) is 24.5 Å². The Labute approximate surface area is 177 Å². The fourth-order valence-electron chi connectivity index (χ4n) is 3.52. The third-order valence-corrected chi connectivity index (χ3v) is 5.04. The third-order valence-electron chi connectivity index (χ3n) is 5.04. The lowest BCUT2D eigenvalue weighted by Gasteiger charge is -2.33. The average Bonchev–Trinajstić information content (AvgIpc) is 2.79. The van der Waals surface area contributed by atoms with Crippen LogP contribution in [0.5, 0.6) is 11.5 Å². The molecule has 1 fully saturated rings. The van der Waals surface area contributed by atoms with Crippen molar-refractivity contribution in [3.8, 4) is 11.5 Å². The summed E-state index contributed by atoms with van der Waals surface area (Å²) in [6.07, 6.45) is -0.0184. The highest BCUT2D eigenvalue weighted by molar-refractivity contribution is 5.94. The fourth-order valence-corrected chi connectivity index (χ4v) is 3.52. The number of hydrogen-bond acceptors (Lipinski definition) is 4. The highest BCUT2D eigenvalue weighted by Crippen LogP contribution is 2.21. The second-order valence-corrected chi connectivity index (χ2v) is 7.37. The first kappa shape index (κ1) is 20.1. The van der Waals surface area contributed by atoms with Crippen LogP contribution >= 0.6 is 0 Å². The first-order valence-electron chi connectivity index (χ1n) is 10.3. The van der Waals surface area contributed by atoms with Crippen molar-refractivity contribution in [1.29, 1.82) is 0 Å². The number of para-hydroxylation sites is 1. The molecule has 1 N–H and O–H groups in total. The Bertz CT molecular complexity index is 947. The van der Waals surface area contributed by atoms with Gasteiger partial charge in [0.25, 0.3) is 5.91 Å². The van der Waals surface area contributed by atoms with Crippen molar-refractivity contribution < 1.29 is 14.3 Å². The molecular weight excluding hydrogens is 376 g/mol. The van der Waals surface area contributed by atoms with Gasteiger partial charge in [0.2, 0.25) is 0 Å². The van der Waals surface area contributed by atoms with Crippen molar-refractivity contribution in [1.82, 2.24) is 10.2 Å². The van der Waals surface area contributed by atoms with Crippen LogP contribution in [-0.4, -0.2) is 43.2 Å². The molecule has 3 aromatic rings. The summed E-state index contributed by atoms with van der Waals surface area (Å²) in [5, 5.41) is 3.00. The maximum Gasteiger partial charge on any atom is 0.251 e. The monoisotopic (exact) mass is 402 g/mol. The first-order valence-corrected chi connectivity index (χ1v) is 10.3. The Morgan fingerprint density at radius 1 is 0.967 bits per heavy atom. The summed E-state index contributed by atoms with van der Waals surface area (Å²) >= 11 is 0. The zero-order valence-corrected chi connectivity index (χ0v) is 16.9. The minimum absolute atomic E-state index is 0.0184. The smallest absolute Gasteiger partial charge is 0.251 e. The van der Waals surface area contributed by atoms with Crippen LogP contribution in [0.2, 0.25) is 0 Å². The molecule has 0 unspecified atom stereocenters. The quantitative estimate of drug-likeness (QED) is 0.646. The van der Waals surface area contributed by atoms with E-state index in [-0.39, 0.29) is 12.0 Å². The lowest BCUT2D eigenvalue weighted by Crippen LogP contribution is -2.47. The van der Waals surface area contributed by atoms with Crippen LogP contribution in [0.1, 0.15) is 15.9 Å². The van der Waals surface area contributed by atoms with Gasteiger partial charge >= 0.3 is 0 Å². The summed E-state index contributed by atoms with van der Waals surface area (Å²) in [5.74, 6) is 1.25. The molecule has 0 aliphatic carbocycles. The van der Waals surface area contributed by atoms with Crippen molar-refractivity contribution in [3.63, 3.8) is 0 Å². The lowest BCUT2D eigenvalue weighted by molar-refractivity contribution is -0.0292. The van der Waals surface area contributed by atoms with Gasteiger partial charge in [-0.1, -0.05) is 54.6 Å². The molecule has 5 heteroatoms. The molecule has 1 aliphatic rings. The number of morpholine rings is 1. The predicted octanol–water partition coefficient (Wildman–Crippen LogP) is 4.11. The van der Waals surface area contributed by atoms with Crippen LogP contribution in [0.15, 0.2) is 84.9 Å². The highest BCUT2D eigenvalue weighted by Gasteiger charge is 2.21. The van der Waals surface area contributed by atoms with Crippen molar-refractivity contribution in [2.24, 2.45) is 0 Å². The lowest BCUT2D eigenvalue weighted by atomic mass is 10.1. The second kappa shape index (κ2) is 10.1. The number of amides is 1. The van der Waals surface area contributed by atoms with Gasteiger partial charge in [-0.25, -0.2) is 0 Å². The molecule has 1 atom stereocenters. The first-order chi connectivity index (χ1) is 14.8. The van der Waals surface area contributed by atoms with Gasteiger partial charge in [0.15, 0.2) is 0 Å². The van der Waals surface area contributed by atoms with E-state index >= 15 is 0 Å². The summed E-state index contributed by atoms with van der Waals surface area (Å²) in [5.41, 5.74) is 1.86. The summed E-state index contributed by atoms with van der Waals surface area (Å²) < 4.78 is 11.7. The van der Waals surface area contributed by atoms with Crippen LogP contribution in [0.3, 0.4) is 0 Å². The number of ether oxygens (including phenoxy) is 2. The predicted molar refractivity (Wildman–Crippen MR) is 117 cm³/mol. The maximum atomic E-state index is 12.6. The molecule has 0 bridgehead atoms.